The minimum atomic E-state index is -3.35. The third-order valence-corrected chi connectivity index (χ3v) is 8.90. The molecular weight excluding hydrogens is 434 g/mol. The number of likely N-dealkylation sites (N-methyl/N-ethyl adjacent to an activating group) is 1. The fourth-order valence-electron chi connectivity index (χ4n) is 3.80. The van der Waals surface area contributed by atoms with Crippen molar-refractivity contribution in [2.45, 2.75) is 31.1 Å². The summed E-state index contributed by atoms with van der Waals surface area (Å²) in [6.07, 6.45) is 1.18. The van der Waals surface area contributed by atoms with E-state index in [1.165, 1.54) is 17.6 Å². The van der Waals surface area contributed by atoms with E-state index >= 15 is 0 Å². The standard InChI is InChI=1S/C22H31N3O4S2/c1-16(2)31(28,29)23-22-15-24(3)14-21(22)18-11-9-17(10-12-18)19-7-6-8-20(13-19)25(4)30(5,26)27/h6-13,16,21-23H,14-15H2,1-5H3. The van der Waals surface area contributed by atoms with E-state index in [1.54, 1.807) is 19.9 Å². The van der Waals surface area contributed by atoms with Gasteiger partial charge in [0.1, 0.15) is 0 Å². The van der Waals surface area contributed by atoms with E-state index in [2.05, 4.69) is 9.62 Å². The van der Waals surface area contributed by atoms with Gasteiger partial charge in [-0.05, 0) is 49.7 Å². The Labute approximate surface area is 186 Å². The first-order chi connectivity index (χ1) is 14.4. The summed E-state index contributed by atoms with van der Waals surface area (Å²) < 4.78 is 52.6. The number of sulfonamides is 2. The van der Waals surface area contributed by atoms with Gasteiger partial charge in [0.2, 0.25) is 20.0 Å². The molecule has 9 heteroatoms. The third kappa shape index (κ3) is 5.46. The fourth-order valence-corrected chi connectivity index (χ4v) is 5.23. The molecule has 1 heterocycles. The van der Waals surface area contributed by atoms with Crippen LogP contribution in [-0.2, 0) is 20.0 Å². The summed E-state index contributed by atoms with van der Waals surface area (Å²) in [6.45, 7) is 4.80. The molecule has 7 nitrogen and oxygen atoms in total. The van der Waals surface area contributed by atoms with E-state index in [0.29, 0.717) is 12.2 Å². The van der Waals surface area contributed by atoms with Crippen LogP contribution in [0, 0.1) is 0 Å². The van der Waals surface area contributed by atoms with Gasteiger partial charge in [0.05, 0.1) is 17.2 Å². The van der Waals surface area contributed by atoms with Crippen LogP contribution in [0.4, 0.5) is 5.69 Å². The predicted octanol–water partition coefficient (Wildman–Crippen LogP) is 2.47. The van der Waals surface area contributed by atoms with Crippen molar-refractivity contribution in [1.29, 1.82) is 0 Å². The number of hydrogen-bond acceptors (Lipinski definition) is 5. The quantitative estimate of drug-likeness (QED) is 0.679. The summed E-state index contributed by atoms with van der Waals surface area (Å²) in [5, 5.41) is -0.473. The van der Waals surface area contributed by atoms with Crippen molar-refractivity contribution in [3.8, 4) is 11.1 Å². The molecule has 1 fully saturated rings. The molecule has 2 unspecified atom stereocenters. The van der Waals surface area contributed by atoms with Crippen LogP contribution in [0.15, 0.2) is 48.5 Å². The Bertz CT molecular complexity index is 1130. The van der Waals surface area contributed by atoms with Gasteiger partial charge in [-0.1, -0.05) is 36.4 Å². The second-order valence-corrected chi connectivity index (χ2v) is 12.8. The topological polar surface area (TPSA) is 86.8 Å². The first-order valence-electron chi connectivity index (χ1n) is 10.2. The predicted molar refractivity (Wildman–Crippen MR) is 126 cm³/mol. The Balaban J connectivity index is 1.84. The Hall–Kier alpha value is -1.94. The highest BCUT2D eigenvalue weighted by atomic mass is 32.2. The first kappa shape index (κ1) is 23.7. The average Bonchev–Trinajstić information content (AvgIpc) is 3.06. The molecule has 0 saturated carbocycles. The Morgan fingerprint density at radius 3 is 2.23 bits per heavy atom. The molecule has 1 saturated heterocycles. The smallest absolute Gasteiger partial charge is 0.231 e. The minimum Gasteiger partial charge on any atom is -0.304 e. The number of nitrogens with one attached hydrogen (secondary N) is 1. The van der Waals surface area contributed by atoms with Gasteiger partial charge in [0, 0.05) is 32.1 Å². The first-order valence-corrected chi connectivity index (χ1v) is 13.6. The van der Waals surface area contributed by atoms with Crippen molar-refractivity contribution >= 4 is 25.7 Å². The monoisotopic (exact) mass is 465 g/mol. The van der Waals surface area contributed by atoms with Crippen LogP contribution < -0.4 is 9.03 Å². The number of benzene rings is 2. The Kier molecular flexibility index (Phi) is 6.81. The van der Waals surface area contributed by atoms with Gasteiger partial charge in [-0.2, -0.15) is 0 Å². The maximum atomic E-state index is 12.4. The van der Waals surface area contributed by atoms with Crippen LogP contribution in [0.25, 0.3) is 11.1 Å². The molecule has 2 aromatic carbocycles. The van der Waals surface area contributed by atoms with E-state index in [0.717, 1.165) is 23.2 Å². The van der Waals surface area contributed by atoms with Gasteiger partial charge in [0.15, 0.2) is 0 Å². The number of anilines is 1. The van der Waals surface area contributed by atoms with Gasteiger partial charge < -0.3 is 4.90 Å². The third-order valence-electron chi connectivity index (χ3n) is 5.82. The zero-order valence-electron chi connectivity index (χ0n) is 18.6. The minimum absolute atomic E-state index is 0.0651. The molecule has 170 valence electrons. The molecule has 0 radical (unpaired) electrons. The molecule has 3 rings (SSSR count). The van der Waals surface area contributed by atoms with E-state index in [4.69, 9.17) is 0 Å². The highest BCUT2D eigenvalue weighted by Gasteiger charge is 2.35. The molecule has 0 spiro atoms. The molecular formula is C22H31N3O4S2. The highest BCUT2D eigenvalue weighted by molar-refractivity contribution is 7.92. The lowest BCUT2D eigenvalue weighted by Crippen LogP contribution is -2.42. The fraction of sp³-hybridized carbons (Fsp3) is 0.455. The molecule has 0 bridgehead atoms. The van der Waals surface area contributed by atoms with Crippen LogP contribution in [0.3, 0.4) is 0 Å². The van der Waals surface area contributed by atoms with Crippen molar-refractivity contribution in [3.05, 3.63) is 54.1 Å². The van der Waals surface area contributed by atoms with E-state index in [-0.39, 0.29) is 12.0 Å². The lowest BCUT2D eigenvalue weighted by Gasteiger charge is -2.22. The molecule has 2 aromatic rings. The highest BCUT2D eigenvalue weighted by Crippen LogP contribution is 2.31. The van der Waals surface area contributed by atoms with Crippen molar-refractivity contribution in [1.82, 2.24) is 9.62 Å². The maximum absolute atomic E-state index is 12.4. The molecule has 1 aliphatic heterocycles. The molecule has 0 aliphatic carbocycles. The van der Waals surface area contributed by atoms with Gasteiger partial charge >= 0.3 is 0 Å². The lowest BCUT2D eigenvalue weighted by atomic mass is 9.93. The van der Waals surface area contributed by atoms with Crippen molar-refractivity contribution < 1.29 is 16.8 Å². The Morgan fingerprint density at radius 1 is 1.00 bits per heavy atom. The van der Waals surface area contributed by atoms with Gasteiger partial charge in [-0.25, -0.2) is 21.6 Å². The largest absolute Gasteiger partial charge is 0.304 e. The van der Waals surface area contributed by atoms with Crippen LogP contribution in [0.1, 0.15) is 25.3 Å². The van der Waals surface area contributed by atoms with E-state index < -0.39 is 25.3 Å². The number of likely N-dealkylation sites (tertiary alicyclic amines) is 1. The molecule has 31 heavy (non-hydrogen) atoms. The van der Waals surface area contributed by atoms with Crippen LogP contribution in [0.2, 0.25) is 0 Å². The lowest BCUT2D eigenvalue weighted by molar-refractivity contribution is 0.404. The zero-order valence-corrected chi connectivity index (χ0v) is 20.2. The summed E-state index contributed by atoms with van der Waals surface area (Å²) in [5.74, 6) is 0.0651. The summed E-state index contributed by atoms with van der Waals surface area (Å²) in [4.78, 5) is 2.14. The summed E-state index contributed by atoms with van der Waals surface area (Å²) >= 11 is 0. The normalized spacial score (nSPS) is 20.3. The molecule has 2 atom stereocenters. The van der Waals surface area contributed by atoms with Crippen LogP contribution in [0.5, 0.6) is 0 Å². The zero-order chi connectivity index (χ0) is 23.0. The van der Waals surface area contributed by atoms with E-state index in [1.807, 2.05) is 49.5 Å². The van der Waals surface area contributed by atoms with Crippen molar-refractivity contribution in [3.63, 3.8) is 0 Å². The molecule has 0 aromatic heterocycles. The van der Waals surface area contributed by atoms with Crippen molar-refractivity contribution in [2.24, 2.45) is 0 Å². The van der Waals surface area contributed by atoms with Crippen LogP contribution in [-0.4, -0.2) is 66.5 Å². The second-order valence-electron chi connectivity index (χ2n) is 8.55. The van der Waals surface area contributed by atoms with Crippen molar-refractivity contribution in [2.75, 3.05) is 37.7 Å². The summed E-state index contributed by atoms with van der Waals surface area (Å²) in [5.41, 5.74) is 3.57. The SMILES string of the molecule is CC(C)S(=O)(=O)NC1CN(C)CC1c1ccc(-c2cccc(N(C)S(C)(=O)=O)c2)cc1. The summed E-state index contributed by atoms with van der Waals surface area (Å²) in [6, 6.07) is 15.3. The van der Waals surface area contributed by atoms with Crippen LogP contribution >= 0.6 is 0 Å². The molecule has 1 aliphatic rings. The van der Waals surface area contributed by atoms with Gasteiger partial charge in [-0.3, -0.25) is 4.31 Å². The average molecular weight is 466 g/mol. The second kappa shape index (κ2) is 8.90. The van der Waals surface area contributed by atoms with E-state index in [9.17, 15) is 16.8 Å². The molecule has 0 amide bonds. The number of hydrogen-bond donors (Lipinski definition) is 1. The Morgan fingerprint density at radius 2 is 1.65 bits per heavy atom. The number of nitrogens with zero attached hydrogens (tertiary/aromatic N) is 2. The van der Waals surface area contributed by atoms with Gasteiger partial charge in [-0.15, -0.1) is 0 Å². The maximum Gasteiger partial charge on any atom is 0.231 e. The molecule has 1 N–H and O–H groups in total. The van der Waals surface area contributed by atoms with Gasteiger partial charge in [0.25, 0.3) is 0 Å². The number of rotatable bonds is 7. The summed E-state index contributed by atoms with van der Waals surface area (Å²) in [7, 11) is -3.16.